The Kier molecular flexibility index (Phi) is 3.40. The number of rotatable bonds is 3. The zero-order chi connectivity index (χ0) is 11.5. The van der Waals surface area contributed by atoms with Gasteiger partial charge in [-0.3, -0.25) is 0 Å². The third-order valence-electron chi connectivity index (χ3n) is 2.39. The summed E-state index contributed by atoms with van der Waals surface area (Å²) < 4.78 is 4.73. The van der Waals surface area contributed by atoms with Gasteiger partial charge in [0, 0.05) is 18.7 Å². The van der Waals surface area contributed by atoms with Crippen LogP contribution in [0.15, 0.2) is 0 Å². The second-order valence-corrected chi connectivity index (χ2v) is 4.31. The fourth-order valence-corrected chi connectivity index (χ4v) is 2.07. The number of hydrogen-bond donors (Lipinski definition) is 1. The lowest BCUT2D eigenvalue weighted by molar-refractivity contribution is 0.0592. The van der Waals surface area contributed by atoms with Crippen LogP contribution >= 0.6 is 11.8 Å². The molecule has 16 heavy (non-hydrogen) atoms. The van der Waals surface area contributed by atoms with Crippen LogP contribution < -0.4 is 5.32 Å². The summed E-state index contributed by atoms with van der Waals surface area (Å²) in [5.41, 5.74) is 2.19. The van der Waals surface area contributed by atoms with Gasteiger partial charge in [0.1, 0.15) is 5.82 Å². The van der Waals surface area contributed by atoms with Crippen LogP contribution in [0.2, 0.25) is 0 Å². The fraction of sp³-hybridized carbons (Fsp3) is 0.500. The molecule has 1 aliphatic rings. The van der Waals surface area contributed by atoms with E-state index >= 15 is 0 Å². The molecule has 1 N–H and O–H groups in total. The minimum atomic E-state index is -0.385. The highest BCUT2D eigenvalue weighted by molar-refractivity contribution is 7.97. The predicted octanol–water partition coefficient (Wildman–Crippen LogP) is 0.729. The van der Waals surface area contributed by atoms with Gasteiger partial charge in [0.2, 0.25) is 0 Å². The normalized spacial score (nSPS) is 13.6. The number of ether oxygens (including phenoxy) is 1. The molecule has 0 unspecified atom stereocenters. The molecule has 0 fully saturated rings. The van der Waals surface area contributed by atoms with Crippen LogP contribution in [0.1, 0.15) is 27.6 Å². The molecule has 5 nitrogen and oxygen atoms in total. The third kappa shape index (κ3) is 2.03. The maximum Gasteiger partial charge on any atom is 0.357 e. The molecular formula is C10H13N3O2S. The van der Waals surface area contributed by atoms with E-state index in [4.69, 9.17) is 4.74 Å². The molecule has 86 valence electrons. The Morgan fingerprint density at radius 1 is 1.50 bits per heavy atom. The first-order valence-corrected chi connectivity index (χ1v) is 6.32. The predicted molar refractivity (Wildman–Crippen MR) is 61.1 cm³/mol. The second-order valence-electron chi connectivity index (χ2n) is 3.44. The van der Waals surface area contributed by atoms with Gasteiger partial charge >= 0.3 is 5.97 Å². The average molecular weight is 239 g/mol. The second kappa shape index (κ2) is 4.80. The Morgan fingerprint density at radius 3 is 3.00 bits per heavy atom. The summed E-state index contributed by atoms with van der Waals surface area (Å²) in [5.74, 6) is 1.01. The van der Waals surface area contributed by atoms with Gasteiger partial charge in [0.25, 0.3) is 0 Å². The molecule has 1 aromatic rings. The monoisotopic (exact) mass is 239 g/mol. The van der Waals surface area contributed by atoms with Crippen molar-refractivity contribution in [2.45, 2.75) is 18.8 Å². The van der Waals surface area contributed by atoms with Crippen LogP contribution in [0.4, 0.5) is 0 Å². The van der Waals surface area contributed by atoms with E-state index in [0.29, 0.717) is 30.4 Å². The van der Waals surface area contributed by atoms with E-state index in [1.807, 2.05) is 6.26 Å². The lowest BCUT2D eigenvalue weighted by Crippen LogP contribution is -2.12. The molecule has 0 amide bonds. The molecule has 2 heterocycles. The van der Waals surface area contributed by atoms with E-state index < -0.39 is 0 Å². The number of carbonyl (C=O) groups is 1. The highest BCUT2D eigenvalue weighted by atomic mass is 32.2. The van der Waals surface area contributed by atoms with Gasteiger partial charge in [-0.15, -0.1) is 0 Å². The van der Waals surface area contributed by atoms with E-state index in [1.165, 1.54) is 7.11 Å². The molecule has 0 aromatic carbocycles. The van der Waals surface area contributed by atoms with Gasteiger partial charge in [-0.25, -0.2) is 14.8 Å². The van der Waals surface area contributed by atoms with Crippen molar-refractivity contribution in [3.8, 4) is 0 Å². The minimum Gasteiger partial charge on any atom is -0.464 e. The Hall–Kier alpha value is -1.14. The standard InChI is InChI=1S/C10H13N3O2S/c1-15-10(14)9-6-3-11-4-7(6)12-8(13-9)5-16-2/h11H,3-5H2,1-2H3. The van der Waals surface area contributed by atoms with Crippen molar-refractivity contribution in [1.29, 1.82) is 0 Å². The summed E-state index contributed by atoms with van der Waals surface area (Å²) >= 11 is 1.63. The van der Waals surface area contributed by atoms with Gasteiger partial charge in [0.15, 0.2) is 5.69 Å². The summed E-state index contributed by atoms with van der Waals surface area (Å²) in [6.45, 7) is 1.34. The molecular weight excluding hydrogens is 226 g/mol. The van der Waals surface area contributed by atoms with Crippen LogP contribution in [0.5, 0.6) is 0 Å². The number of esters is 1. The zero-order valence-electron chi connectivity index (χ0n) is 9.24. The maximum absolute atomic E-state index is 11.6. The maximum atomic E-state index is 11.6. The Labute approximate surface area is 98.0 Å². The quantitative estimate of drug-likeness (QED) is 0.784. The first-order chi connectivity index (χ1) is 7.76. The lowest BCUT2D eigenvalue weighted by Gasteiger charge is -2.06. The van der Waals surface area contributed by atoms with Crippen molar-refractivity contribution in [3.63, 3.8) is 0 Å². The molecule has 0 aliphatic carbocycles. The molecule has 0 radical (unpaired) electrons. The highest BCUT2D eigenvalue weighted by Gasteiger charge is 2.23. The number of aromatic nitrogens is 2. The van der Waals surface area contributed by atoms with Crippen molar-refractivity contribution < 1.29 is 9.53 Å². The fourth-order valence-electron chi connectivity index (χ4n) is 1.68. The van der Waals surface area contributed by atoms with Crippen molar-refractivity contribution in [3.05, 3.63) is 22.8 Å². The summed E-state index contributed by atoms with van der Waals surface area (Å²) in [4.78, 5) is 20.3. The summed E-state index contributed by atoms with van der Waals surface area (Å²) in [7, 11) is 1.37. The lowest BCUT2D eigenvalue weighted by atomic mass is 10.2. The number of fused-ring (bicyclic) bond motifs is 1. The van der Waals surface area contributed by atoms with Crippen molar-refractivity contribution in [2.75, 3.05) is 13.4 Å². The molecule has 0 saturated carbocycles. The molecule has 2 rings (SSSR count). The third-order valence-corrected chi connectivity index (χ3v) is 2.93. The SMILES string of the molecule is COC(=O)c1nc(CSC)nc2c1CNC2. The van der Waals surface area contributed by atoms with Gasteiger partial charge in [-0.2, -0.15) is 11.8 Å². The molecule has 0 spiro atoms. The van der Waals surface area contributed by atoms with Gasteiger partial charge in [-0.1, -0.05) is 0 Å². The molecule has 0 bridgehead atoms. The van der Waals surface area contributed by atoms with Crippen LogP contribution in [0.3, 0.4) is 0 Å². The number of hydrogen-bond acceptors (Lipinski definition) is 6. The van der Waals surface area contributed by atoms with Gasteiger partial charge in [0.05, 0.1) is 18.6 Å². The smallest absolute Gasteiger partial charge is 0.357 e. The first-order valence-electron chi connectivity index (χ1n) is 4.93. The van der Waals surface area contributed by atoms with Gasteiger partial charge < -0.3 is 10.1 Å². The average Bonchev–Trinajstić information content (AvgIpc) is 2.75. The van der Waals surface area contributed by atoms with Crippen molar-refractivity contribution in [2.24, 2.45) is 0 Å². The van der Waals surface area contributed by atoms with E-state index in [1.54, 1.807) is 11.8 Å². The number of carbonyl (C=O) groups excluding carboxylic acids is 1. The van der Waals surface area contributed by atoms with E-state index in [9.17, 15) is 4.79 Å². The first kappa shape index (κ1) is 11.3. The highest BCUT2D eigenvalue weighted by Crippen LogP contribution is 2.19. The Morgan fingerprint density at radius 2 is 2.31 bits per heavy atom. The van der Waals surface area contributed by atoms with Crippen LogP contribution in [0, 0.1) is 0 Å². The minimum absolute atomic E-state index is 0.385. The molecule has 1 aliphatic heterocycles. The zero-order valence-corrected chi connectivity index (χ0v) is 10.1. The Balaban J connectivity index is 2.45. The molecule has 1 aromatic heterocycles. The van der Waals surface area contributed by atoms with Crippen LogP contribution in [-0.2, 0) is 23.6 Å². The number of nitrogens with one attached hydrogen (secondary N) is 1. The van der Waals surface area contributed by atoms with Crippen molar-refractivity contribution in [1.82, 2.24) is 15.3 Å². The van der Waals surface area contributed by atoms with Crippen molar-refractivity contribution >= 4 is 17.7 Å². The van der Waals surface area contributed by atoms with E-state index in [-0.39, 0.29) is 5.97 Å². The van der Waals surface area contributed by atoms with Crippen LogP contribution in [-0.4, -0.2) is 29.3 Å². The number of nitrogens with zero attached hydrogens (tertiary/aromatic N) is 2. The number of methoxy groups -OCH3 is 1. The summed E-state index contributed by atoms with van der Waals surface area (Å²) in [6.07, 6.45) is 1.98. The van der Waals surface area contributed by atoms with Crippen LogP contribution in [0.25, 0.3) is 0 Å². The Bertz CT molecular complexity index is 423. The molecule has 0 atom stereocenters. The molecule has 0 saturated heterocycles. The van der Waals surface area contributed by atoms with E-state index in [2.05, 4.69) is 15.3 Å². The molecule has 6 heteroatoms. The summed E-state index contributed by atoms with van der Waals surface area (Å²) in [6, 6.07) is 0. The number of thioether (sulfide) groups is 1. The topological polar surface area (TPSA) is 64.1 Å². The summed E-state index contributed by atoms with van der Waals surface area (Å²) in [5, 5.41) is 3.16. The van der Waals surface area contributed by atoms with Gasteiger partial charge in [-0.05, 0) is 6.26 Å². The largest absolute Gasteiger partial charge is 0.464 e. The van der Waals surface area contributed by atoms with E-state index in [0.717, 1.165) is 11.3 Å².